The summed E-state index contributed by atoms with van der Waals surface area (Å²) in [4.78, 5) is 29.0. The fourth-order valence-electron chi connectivity index (χ4n) is 3.99. The fraction of sp³-hybridized carbons (Fsp3) is 0.360. The molecule has 2 heterocycles. The third-order valence-corrected chi connectivity index (χ3v) is 6.89. The third-order valence-electron chi connectivity index (χ3n) is 5.98. The number of aryl methyl sites for hydroxylation is 3. The van der Waals surface area contributed by atoms with E-state index in [-0.39, 0.29) is 29.8 Å². The zero-order valence-corrected chi connectivity index (χ0v) is 20.4. The van der Waals surface area contributed by atoms with Crippen LogP contribution in [0.25, 0.3) is 5.69 Å². The monoisotopic (exact) mass is 481 g/mol. The minimum absolute atomic E-state index is 0.00909. The maximum atomic E-state index is 13.1. The number of hydrogen-bond acceptors (Lipinski definition) is 5. The number of halogens is 1. The SMILES string of the molecule is Cc1ccc(C)c(-n2c(C)nnc2SCC(=O)N2CCN(C(=O)Cc3ccc(F)cc3)CC2)c1. The predicted molar refractivity (Wildman–Crippen MR) is 130 cm³/mol. The van der Waals surface area contributed by atoms with Gasteiger partial charge in [0.15, 0.2) is 5.16 Å². The van der Waals surface area contributed by atoms with Gasteiger partial charge in [0, 0.05) is 26.2 Å². The molecule has 178 valence electrons. The maximum absolute atomic E-state index is 13.1. The Morgan fingerprint density at radius 3 is 2.24 bits per heavy atom. The van der Waals surface area contributed by atoms with Crippen molar-refractivity contribution in [1.82, 2.24) is 24.6 Å². The van der Waals surface area contributed by atoms with E-state index in [0.717, 1.165) is 28.2 Å². The highest BCUT2D eigenvalue weighted by Crippen LogP contribution is 2.25. The van der Waals surface area contributed by atoms with Gasteiger partial charge >= 0.3 is 0 Å². The Labute approximate surface area is 203 Å². The first-order valence-electron chi connectivity index (χ1n) is 11.2. The molecule has 9 heteroatoms. The van der Waals surface area contributed by atoms with E-state index in [0.29, 0.717) is 31.3 Å². The van der Waals surface area contributed by atoms with Crippen LogP contribution in [-0.2, 0) is 16.0 Å². The van der Waals surface area contributed by atoms with Crippen molar-refractivity contribution in [3.05, 3.63) is 70.8 Å². The lowest BCUT2D eigenvalue weighted by molar-refractivity contribution is -0.137. The van der Waals surface area contributed by atoms with Crippen molar-refractivity contribution in [2.45, 2.75) is 32.3 Å². The number of amides is 2. The van der Waals surface area contributed by atoms with Crippen molar-refractivity contribution in [2.75, 3.05) is 31.9 Å². The number of piperazine rings is 1. The number of nitrogens with zero attached hydrogens (tertiary/aromatic N) is 5. The van der Waals surface area contributed by atoms with Gasteiger partial charge in [-0.3, -0.25) is 14.2 Å². The molecule has 2 amide bonds. The van der Waals surface area contributed by atoms with E-state index < -0.39 is 0 Å². The predicted octanol–water partition coefficient (Wildman–Crippen LogP) is 3.34. The van der Waals surface area contributed by atoms with Crippen LogP contribution in [0.4, 0.5) is 4.39 Å². The van der Waals surface area contributed by atoms with E-state index in [2.05, 4.69) is 28.4 Å². The Morgan fingerprint density at radius 1 is 0.912 bits per heavy atom. The van der Waals surface area contributed by atoms with Gasteiger partial charge in [-0.2, -0.15) is 0 Å². The second kappa shape index (κ2) is 10.4. The summed E-state index contributed by atoms with van der Waals surface area (Å²) in [5.74, 6) is 0.724. The summed E-state index contributed by atoms with van der Waals surface area (Å²) in [5.41, 5.74) is 4.06. The number of carbonyl (C=O) groups excluding carboxylic acids is 2. The van der Waals surface area contributed by atoms with Crippen molar-refractivity contribution in [2.24, 2.45) is 0 Å². The lowest BCUT2D eigenvalue weighted by Gasteiger charge is -2.34. The van der Waals surface area contributed by atoms with Crippen molar-refractivity contribution in [3.63, 3.8) is 0 Å². The molecule has 2 aromatic carbocycles. The molecule has 1 aromatic heterocycles. The molecule has 0 bridgehead atoms. The smallest absolute Gasteiger partial charge is 0.233 e. The Bertz CT molecular complexity index is 1190. The number of aromatic nitrogens is 3. The average molecular weight is 482 g/mol. The molecule has 0 aliphatic carbocycles. The molecule has 0 saturated carbocycles. The van der Waals surface area contributed by atoms with Gasteiger partial charge in [0.2, 0.25) is 11.8 Å². The van der Waals surface area contributed by atoms with Crippen LogP contribution in [0, 0.1) is 26.6 Å². The van der Waals surface area contributed by atoms with Crippen LogP contribution in [0.2, 0.25) is 0 Å². The summed E-state index contributed by atoms with van der Waals surface area (Å²) in [6.07, 6.45) is 0.234. The molecule has 3 aromatic rings. The lowest BCUT2D eigenvalue weighted by Crippen LogP contribution is -2.51. The van der Waals surface area contributed by atoms with Gasteiger partial charge in [0.1, 0.15) is 11.6 Å². The molecule has 0 atom stereocenters. The minimum Gasteiger partial charge on any atom is -0.339 e. The van der Waals surface area contributed by atoms with Crippen molar-refractivity contribution in [3.8, 4) is 5.69 Å². The van der Waals surface area contributed by atoms with Gasteiger partial charge in [-0.15, -0.1) is 10.2 Å². The molecule has 34 heavy (non-hydrogen) atoms. The molecular formula is C25H28FN5O2S. The van der Waals surface area contributed by atoms with E-state index in [1.165, 1.54) is 23.9 Å². The number of thioether (sulfide) groups is 1. The summed E-state index contributed by atoms with van der Waals surface area (Å²) in [5, 5.41) is 9.20. The largest absolute Gasteiger partial charge is 0.339 e. The van der Waals surface area contributed by atoms with Crippen LogP contribution in [0.3, 0.4) is 0 Å². The van der Waals surface area contributed by atoms with E-state index in [1.54, 1.807) is 21.9 Å². The number of carbonyl (C=O) groups is 2. The van der Waals surface area contributed by atoms with Gasteiger partial charge in [0.05, 0.1) is 17.9 Å². The number of hydrogen-bond donors (Lipinski definition) is 0. The van der Waals surface area contributed by atoms with E-state index in [4.69, 9.17) is 0 Å². The van der Waals surface area contributed by atoms with Crippen LogP contribution in [-0.4, -0.2) is 68.3 Å². The lowest BCUT2D eigenvalue weighted by atomic mass is 10.1. The van der Waals surface area contributed by atoms with E-state index >= 15 is 0 Å². The van der Waals surface area contributed by atoms with Crippen LogP contribution < -0.4 is 0 Å². The molecular weight excluding hydrogens is 453 g/mol. The molecule has 7 nitrogen and oxygen atoms in total. The fourth-order valence-corrected chi connectivity index (χ4v) is 4.88. The molecule has 1 aliphatic heterocycles. The highest BCUT2D eigenvalue weighted by molar-refractivity contribution is 7.99. The van der Waals surface area contributed by atoms with Crippen LogP contribution >= 0.6 is 11.8 Å². The van der Waals surface area contributed by atoms with E-state index in [9.17, 15) is 14.0 Å². The van der Waals surface area contributed by atoms with Crippen LogP contribution in [0.15, 0.2) is 47.6 Å². The average Bonchev–Trinajstić information content (AvgIpc) is 3.20. The molecule has 4 rings (SSSR count). The molecule has 0 spiro atoms. The first-order chi connectivity index (χ1) is 16.3. The summed E-state index contributed by atoms with van der Waals surface area (Å²) in [6.45, 7) is 7.98. The Balaban J connectivity index is 1.32. The van der Waals surface area contributed by atoms with Crippen molar-refractivity contribution >= 4 is 23.6 Å². The zero-order valence-electron chi connectivity index (χ0n) is 19.6. The number of benzene rings is 2. The standard InChI is InChI=1S/C25H28FN5O2S/c1-17-4-5-18(2)22(14-17)31-19(3)27-28-25(31)34-16-24(33)30-12-10-29(11-13-30)23(32)15-20-6-8-21(26)9-7-20/h4-9,14H,10-13,15-16H2,1-3H3. The first-order valence-corrected chi connectivity index (χ1v) is 12.2. The van der Waals surface area contributed by atoms with Gasteiger partial charge in [-0.1, -0.05) is 36.0 Å². The molecule has 1 fully saturated rings. The van der Waals surface area contributed by atoms with E-state index in [1.807, 2.05) is 25.3 Å². The third kappa shape index (κ3) is 5.47. The molecule has 0 unspecified atom stereocenters. The maximum Gasteiger partial charge on any atom is 0.233 e. The van der Waals surface area contributed by atoms with Gasteiger partial charge in [0.25, 0.3) is 0 Å². The van der Waals surface area contributed by atoms with Crippen LogP contribution in [0.5, 0.6) is 0 Å². The van der Waals surface area contributed by atoms with Gasteiger partial charge < -0.3 is 9.80 Å². The zero-order chi connectivity index (χ0) is 24.2. The topological polar surface area (TPSA) is 71.3 Å². The van der Waals surface area contributed by atoms with Crippen molar-refractivity contribution in [1.29, 1.82) is 0 Å². The molecule has 0 radical (unpaired) electrons. The van der Waals surface area contributed by atoms with Gasteiger partial charge in [-0.25, -0.2) is 4.39 Å². The minimum atomic E-state index is -0.316. The molecule has 1 saturated heterocycles. The molecule has 1 aliphatic rings. The number of rotatable bonds is 6. The first kappa shape index (κ1) is 23.9. The van der Waals surface area contributed by atoms with Crippen molar-refractivity contribution < 1.29 is 14.0 Å². The second-order valence-corrected chi connectivity index (χ2v) is 9.45. The Kier molecular flexibility index (Phi) is 7.31. The van der Waals surface area contributed by atoms with Gasteiger partial charge in [-0.05, 0) is 55.7 Å². The summed E-state index contributed by atoms with van der Waals surface area (Å²) >= 11 is 1.38. The normalized spacial score (nSPS) is 13.9. The summed E-state index contributed by atoms with van der Waals surface area (Å²) in [6, 6.07) is 12.2. The molecule has 0 N–H and O–H groups in total. The van der Waals surface area contributed by atoms with Crippen LogP contribution in [0.1, 0.15) is 22.5 Å². The quantitative estimate of drug-likeness (QED) is 0.505. The summed E-state index contributed by atoms with van der Waals surface area (Å²) < 4.78 is 15.1. The Hall–Kier alpha value is -3.20. The Morgan fingerprint density at radius 2 is 1.56 bits per heavy atom. The second-order valence-electron chi connectivity index (χ2n) is 8.51. The highest BCUT2D eigenvalue weighted by atomic mass is 32.2. The highest BCUT2D eigenvalue weighted by Gasteiger charge is 2.25. The summed E-state index contributed by atoms with van der Waals surface area (Å²) in [7, 11) is 0.